The molecule has 0 spiro atoms. The third-order valence-corrected chi connectivity index (χ3v) is 9.77. The molecule has 0 saturated carbocycles. The molecular formula is C48H82NO8P. The van der Waals surface area contributed by atoms with Crippen molar-refractivity contribution in [1.82, 2.24) is 0 Å². The van der Waals surface area contributed by atoms with Gasteiger partial charge in [-0.2, -0.15) is 0 Å². The van der Waals surface area contributed by atoms with E-state index in [9.17, 15) is 19.4 Å². The third kappa shape index (κ3) is 42.8. The Balaban J connectivity index is 4.58. The Bertz CT molecular complexity index is 1260. The number of rotatable bonds is 39. The Labute approximate surface area is 354 Å². The smallest absolute Gasteiger partial charge is 0.306 e. The lowest BCUT2D eigenvalue weighted by Crippen LogP contribution is -2.37. The SMILES string of the molecule is CC/C=C\C/C=C\C/C=C\C/C=C\C/C=C\C=C/C(O)CCC(=O)O[C@H](CO/C=C/CCCCCC/C=C\CCCCCCCC)COP(=O)([O-])OCC[N+](C)(C)C. The predicted octanol–water partition coefficient (Wildman–Crippen LogP) is 11.7. The van der Waals surface area contributed by atoms with Crippen LogP contribution in [0.25, 0.3) is 0 Å². The molecule has 58 heavy (non-hydrogen) atoms. The standard InChI is InChI=1S/C48H82NO8P/c1-6-8-10-12-14-16-18-20-22-24-26-28-30-32-34-36-38-46(50)39-40-48(51)57-47(45-56-58(52,53)55-43-41-49(3,4)5)44-54-42-37-35-33-31-29-27-25-23-21-19-17-15-13-11-9-7-2/h8,10,14,16,20-23,26,28,32,34,36-38,42,46-47,50H,6-7,9,11-13,15,17-19,24-25,27,29-31,33,35,39-41,43-45H2,1-5H3/b10-8-,16-14-,22-20-,23-21-,28-26-,34-32-,38-36-,42-37+/t46?,47-/m1/s1. The van der Waals surface area contributed by atoms with Crippen LogP contribution in [-0.2, 0) is 27.9 Å². The Hall–Kier alpha value is -2.78. The molecule has 2 unspecified atom stereocenters. The lowest BCUT2D eigenvalue weighted by atomic mass is 10.1. The molecule has 0 aromatic carbocycles. The maximum atomic E-state index is 12.7. The summed E-state index contributed by atoms with van der Waals surface area (Å²) in [6.45, 7) is 4.30. The van der Waals surface area contributed by atoms with Crippen molar-refractivity contribution in [2.45, 2.75) is 154 Å². The number of unbranched alkanes of at least 4 members (excludes halogenated alkanes) is 11. The molecule has 3 atom stereocenters. The van der Waals surface area contributed by atoms with Crippen molar-refractivity contribution in [2.75, 3.05) is 47.5 Å². The monoisotopic (exact) mass is 832 g/mol. The minimum absolute atomic E-state index is 0.0328. The van der Waals surface area contributed by atoms with Crippen LogP contribution >= 0.6 is 7.82 Å². The highest BCUT2D eigenvalue weighted by Gasteiger charge is 2.21. The number of ether oxygens (including phenoxy) is 2. The zero-order valence-electron chi connectivity index (χ0n) is 37.1. The van der Waals surface area contributed by atoms with Crippen LogP contribution in [0.2, 0.25) is 0 Å². The molecular weight excluding hydrogens is 750 g/mol. The number of carbonyl (C=O) groups excluding carboxylic acids is 1. The van der Waals surface area contributed by atoms with Gasteiger partial charge in [-0.25, -0.2) is 0 Å². The zero-order chi connectivity index (χ0) is 42.8. The van der Waals surface area contributed by atoms with Gasteiger partial charge in [-0.1, -0.05) is 144 Å². The maximum Gasteiger partial charge on any atom is 0.306 e. The van der Waals surface area contributed by atoms with Gasteiger partial charge in [-0.05, 0) is 83.1 Å². The summed E-state index contributed by atoms with van der Waals surface area (Å²) < 4.78 is 34.1. The topological polar surface area (TPSA) is 114 Å². The van der Waals surface area contributed by atoms with Crippen LogP contribution in [0.4, 0.5) is 0 Å². The average molecular weight is 832 g/mol. The summed E-state index contributed by atoms with van der Waals surface area (Å²) in [6, 6.07) is 0. The number of carbonyl (C=O) groups is 1. The number of aliphatic hydroxyl groups excluding tert-OH is 1. The number of allylic oxidation sites excluding steroid dienone is 14. The summed E-state index contributed by atoms with van der Waals surface area (Å²) in [5.74, 6) is -0.590. The van der Waals surface area contributed by atoms with Gasteiger partial charge in [0, 0.05) is 6.42 Å². The predicted molar refractivity (Wildman–Crippen MR) is 241 cm³/mol. The molecule has 332 valence electrons. The fourth-order valence-corrected chi connectivity index (χ4v) is 6.05. The first kappa shape index (κ1) is 55.2. The van der Waals surface area contributed by atoms with Crippen LogP contribution in [-0.4, -0.2) is 75.3 Å². The van der Waals surface area contributed by atoms with E-state index in [0.29, 0.717) is 11.0 Å². The summed E-state index contributed by atoms with van der Waals surface area (Å²) in [4.78, 5) is 25.1. The van der Waals surface area contributed by atoms with Gasteiger partial charge in [-0.15, -0.1) is 0 Å². The second kappa shape index (κ2) is 39.7. The van der Waals surface area contributed by atoms with E-state index < -0.39 is 32.6 Å². The Morgan fingerprint density at radius 2 is 1.21 bits per heavy atom. The lowest BCUT2D eigenvalue weighted by Gasteiger charge is -2.28. The molecule has 0 bridgehead atoms. The zero-order valence-corrected chi connectivity index (χ0v) is 38.0. The Morgan fingerprint density at radius 3 is 1.78 bits per heavy atom. The van der Waals surface area contributed by atoms with Gasteiger partial charge >= 0.3 is 5.97 Å². The number of phosphoric ester groups is 1. The largest absolute Gasteiger partial charge is 0.756 e. The fraction of sp³-hybridized carbons (Fsp3) is 0.646. The molecule has 0 saturated heterocycles. The van der Waals surface area contributed by atoms with Crippen LogP contribution in [0, 0.1) is 0 Å². The third-order valence-electron chi connectivity index (χ3n) is 8.80. The number of esters is 1. The lowest BCUT2D eigenvalue weighted by molar-refractivity contribution is -0.870. The van der Waals surface area contributed by atoms with Gasteiger partial charge in [0.1, 0.15) is 19.8 Å². The molecule has 0 fully saturated rings. The second-order valence-corrected chi connectivity index (χ2v) is 17.0. The molecule has 0 rings (SSSR count). The van der Waals surface area contributed by atoms with Gasteiger partial charge < -0.3 is 33.0 Å². The number of phosphoric acid groups is 1. The Kier molecular flexibility index (Phi) is 37.8. The highest BCUT2D eigenvalue weighted by molar-refractivity contribution is 7.45. The van der Waals surface area contributed by atoms with Crippen molar-refractivity contribution in [3.8, 4) is 0 Å². The van der Waals surface area contributed by atoms with Crippen LogP contribution < -0.4 is 4.89 Å². The summed E-state index contributed by atoms with van der Waals surface area (Å²) >= 11 is 0. The molecule has 0 aromatic rings. The van der Waals surface area contributed by atoms with E-state index in [1.165, 1.54) is 57.8 Å². The molecule has 0 aliphatic heterocycles. The van der Waals surface area contributed by atoms with Gasteiger partial charge in [-0.3, -0.25) is 9.36 Å². The van der Waals surface area contributed by atoms with Gasteiger partial charge in [0.15, 0.2) is 6.10 Å². The minimum Gasteiger partial charge on any atom is -0.756 e. The molecule has 9 nitrogen and oxygen atoms in total. The summed E-state index contributed by atoms with van der Waals surface area (Å²) in [5, 5.41) is 10.4. The van der Waals surface area contributed by atoms with E-state index in [1.807, 2.05) is 39.4 Å². The van der Waals surface area contributed by atoms with Gasteiger partial charge in [0.25, 0.3) is 7.82 Å². The number of likely N-dealkylation sites (N-methyl/N-ethyl adjacent to an activating group) is 1. The van der Waals surface area contributed by atoms with Gasteiger partial charge in [0.05, 0.1) is 40.1 Å². The van der Waals surface area contributed by atoms with Crippen molar-refractivity contribution in [3.63, 3.8) is 0 Å². The number of aliphatic hydroxyl groups is 1. The first-order valence-corrected chi connectivity index (χ1v) is 23.6. The van der Waals surface area contributed by atoms with Crippen LogP contribution in [0.15, 0.2) is 97.4 Å². The molecule has 0 aromatic heterocycles. The van der Waals surface area contributed by atoms with Crippen LogP contribution in [0.3, 0.4) is 0 Å². The average Bonchev–Trinajstić information content (AvgIpc) is 3.17. The fourth-order valence-electron chi connectivity index (χ4n) is 5.32. The molecule has 10 heteroatoms. The van der Waals surface area contributed by atoms with E-state index in [-0.39, 0.29) is 26.1 Å². The Morgan fingerprint density at radius 1 is 0.672 bits per heavy atom. The number of nitrogens with zero attached hydrogens (tertiary/aromatic N) is 1. The molecule has 1 N–H and O–H groups in total. The summed E-state index contributed by atoms with van der Waals surface area (Å²) in [7, 11) is 1.16. The number of hydrogen-bond donors (Lipinski definition) is 1. The molecule has 0 heterocycles. The summed E-state index contributed by atoms with van der Waals surface area (Å²) in [5.41, 5.74) is 0. The van der Waals surface area contributed by atoms with Crippen molar-refractivity contribution < 1.29 is 42.4 Å². The van der Waals surface area contributed by atoms with E-state index >= 15 is 0 Å². The van der Waals surface area contributed by atoms with E-state index in [0.717, 1.165) is 57.8 Å². The normalized spacial score (nSPS) is 15.2. The highest BCUT2D eigenvalue weighted by atomic mass is 31.2. The maximum absolute atomic E-state index is 12.7. The minimum atomic E-state index is -4.62. The number of hydrogen-bond acceptors (Lipinski definition) is 8. The quantitative estimate of drug-likeness (QED) is 0.0124. The molecule has 0 amide bonds. The highest BCUT2D eigenvalue weighted by Crippen LogP contribution is 2.38. The molecule has 0 radical (unpaired) electrons. The van der Waals surface area contributed by atoms with Crippen LogP contribution in [0.1, 0.15) is 142 Å². The van der Waals surface area contributed by atoms with Gasteiger partial charge in [0.2, 0.25) is 0 Å². The van der Waals surface area contributed by atoms with Crippen molar-refractivity contribution in [2.24, 2.45) is 0 Å². The van der Waals surface area contributed by atoms with Crippen molar-refractivity contribution >= 4 is 13.8 Å². The summed E-state index contributed by atoms with van der Waals surface area (Å²) in [6.07, 6.45) is 51.3. The van der Waals surface area contributed by atoms with Crippen molar-refractivity contribution in [1.29, 1.82) is 0 Å². The molecule has 0 aliphatic rings. The van der Waals surface area contributed by atoms with E-state index in [2.05, 4.69) is 74.6 Å². The van der Waals surface area contributed by atoms with E-state index in [1.54, 1.807) is 18.4 Å². The van der Waals surface area contributed by atoms with Crippen LogP contribution in [0.5, 0.6) is 0 Å². The van der Waals surface area contributed by atoms with E-state index in [4.69, 9.17) is 18.5 Å². The second-order valence-electron chi connectivity index (χ2n) is 15.6. The first-order valence-electron chi connectivity index (χ1n) is 22.1. The molecule has 0 aliphatic carbocycles. The number of quaternary nitrogens is 1. The first-order chi connectivity index (χ1) is 28.0. The van der Waals surface area contributed by atoms with Crippen molar-refractivity contribution in [3.05, 3.63) is 97.4 Å².